The lowest BCUT2D eigenvalue weighted by Crippen LogP contribution is -2.05. The number of benzene rings is 2. The Morgan fingerprint density at radius 1 is 0.913 bits per heavy atom. The van der Waals surface area contributed by atoms with Crippen LogP contribution >= 0.6 is 34.2 Å². The molecule has 0 bridgehead atoms. The lowest BCUT2D eigenvalue weighted by molar-refractivity contribution is 1.17. The Bertz CT molecular complexity index is 823. The lowest BCUT2D eigenvalue weighted by Gasteiger charge is -2.12. The van der Waals surface area contributed by atoms with Crippen molar-refractivity contribution in [3.63, 3.8) is 0 Å². The quantitative estimate of drug-likeness (QED) is 0.511. The molecule has 0 aliphatic carbocycles. The fraction of sp³-hybridized carbons (Fsp3) is 0. The normalized spacial score (nSPS) is 10.3. The second kappa shape index (κ2) is 7.01. The number of nitrogens with zero attached hydrogens (tertiary/aromatic N) is 2. The van der Waals surface area contributed by atoms with E-state index in [0.29, 0.717) is 22.3 Å². The van der Waals surface area contributed by atoms with E-state index in [1.165, 1.54) is 6.33 Å². The molecule has 7 heteroatoms. The largest absolute Gasteiger partial charge is 0.393 e. The average molecular weight is 438 g/mol. The summed E-state index contributed by atoms with van der Waals surface area (Å²) in [6.45, 7) is 0. The van der Waals surface area contributed by atoms with Gasteiger partial charge in [-0.2, -0.15) is 0 Å². The van der Waals surface area contributed by atoms with Crippen LogP contribution in [0.1, 0.15) is 0 Å². The minimum Gasteiger partial charge on any atom is -0.393 e. The van der Waals surface area contributed by atoms with Crippen LogP contribution in [-0.4, -0.2) is 9.97 Å². The van der Waals surface area contributed by atoms with Gasteiger partial charge in [0.15, 0.2) is 11.6 Å². The van der Waals surface area contributed by atoms with Crippen molar-refractivity contribution in [1.29, 1.82) is 0 Å². The van der Waals surface area contributed by atoms with Crippen LogP contribution in [-0.2, 0) is 0 Å². The van der Waals surface area contributed by atoms with Crippen molar-refractivity contribution < 1.29 is 0 Å². The van der Waals surface area contributed by atoms with Crippen LogP contribution in [0.25, 0.3) is 0 Å². The van der Waals surface area contributed by atoms with Gasteiger partial charge in [0, 0.05) is 20.0 Å². The van der Waals surface area contributed by atoms with E-state index in [-0.39, 0.29) is 0 Å². The van der Waals surface area contributed by atoms with Crippen LogP contribution in [0.4, 0.5) is 28.7 Å². The van der Waals surface area contributed by atoms with Crippen LogP contribution in [0.5, 0.6) is 0 Å². The summed E-state index contributed by atoms with van der Waals surface area (Å²) in [5, 5.41) is 6.98. The molecule has 5 nitrogen and oxygen atoms in total. The summed E-state index contributed by atoms with van der Waals surface area (Å²) >= 11 is 8.24. The highest BCUT2D eigenvalue weighted by atomic mass is 127. The van der Waals surface area contributed by atoms with E-state index in [2.05, 4.69) is 43.2 Å². The molecule has 0 amide bonds. The topological polar surface area (TPSA) is 75.9 Å². The molecule has 0 aliphatic heterocycles. The van der Waals surface area contributed by atoms with E-state index in [0.717, 1.165) is 14.9 Å². The minimum atomic E-state index is 0.436. The van der Waals surface area contributed by atoms with Gasteiger partial charge >= 0.3 is 0 Å². The van der Waals surface area contributed by atoms with Crippen molar-refractivity contribution in [1.82, 2.24) is 9.97 Å². The molecule has 0 radical (unpaired) electrons. The van der Waals surface area contributed by atoms with Crippen molar-refractivity contribution >= 4 is 62.9 Å². The molecular weight excluding hydrogens is 425 g/mol. The third-order valence-electron chi connectivity index (χ3n) is 3.08. The van der Waals surface area contributed by atoms with Crippen molar-refractivity contribution in [2.75, 3.05) is 16.4 Å². The number of nitrogens with two attached hydrogens (primary N) is 1. The molecule has 1 aromatic heterocycles. The highest BCUT2D eigenvalue weighted by Crippen LogP contribution is 2.28. The number of nitrogen functional groups attached to an aromatic ring is 1. The van der Waals surface area contributed by atoms with Crippen molar-refractivity contribution in [2.45, 2.75) is 0 Å². The Balaban J connectivity index is 1.84. The highest BCUT2D eigenvalue weighted by molar-refractivity contribution is 14.1. The van der Waals surface area contributed by atoms with Gasteiger partial charge in [0.1, 0.15) is 12.0 Å². The van der Waals surface area contributed by atoms with Crippen LogP contribution in [0.15, 0.2) is 54.9 Å². The summed E-state index contributed by atoms with van der Waals surface area (Å²) in [6, 6.07) is 15.3. The summed E-state index contributed by atoms with van der Waals surface area (Å²) in [6.07, 6.45) is 1.46. The number of halogens is 2. The molecule has 0 fully saturated rings. The monoisotopic (exact) mass is 437 g/mol. The lowest BCUT2D eigenvalue weighted by atomic mass is 10.3. The molecule has 3 aromatic rings. The Kier molecular flexibility index (Phi) is 4.82. The zero-order valence-electron chi connectivity index (χ0n) is 11.9. The predicted molar refractivity (Wildman–Crippen MR) is 104 cm³/mol. The van der Waals surface area contributed by atoms with Crippen molar-refractivity contribution in [3.05, 3.63) is 63.5 Å². The van der Waals surface area contributed by atoms with Gasteiger partial charge < -0.3 is 16.4 Å². The number of hydrogen-bond acceptors (Lipinski definition) is 5. The van der Waals surface area contributed by atoms with Gasteiger partial charge in [0.2, 0.25) is 0 Å². The van der Waals surface area contributed by atoms with Gasteiger partial charge in [-0.05, 0) is 65.1 Å². The molecule has 0 saturated carbocycles. The molecule has 0 unspecified atom stereocenters. The fourth-order valence-corrected chi connectivity index (χ4v) is 2.52. The molecule has 0 aliphatic rings. The van der Waals surface area contributed by atoms with Gasteiger partial charge in [-0.15, -0.1) is 0 Å². The molecule has 4 N–H and O–H groups in total. The average Bonchev–Trinajstić information content (AvgIpc) is 2.53. The first-order chi connectivity index (χ1) is 11.1. The van der Waals surface area contributed by atoms with Crippen LogP contribution in [0.2, 0.25) is 5.02 Å². The van der Waals surface area contributed by atoms with Crippen molar-refractivity contribution in [2.24, 2.45) is 0 Å². The summed E-state index contributed by atoms with van der Waals surface area (Å²) in [5.74, 6) is 1.07. The Morgan fingerprint density at radius 3 is 2.22 bits per heavy atom. The van der Waals surface area contributed by atoms with Gasteiger partial charge in [-0.1, -0.05) is 17.7 Å². The third kappa shape index (κ3) is 4.02. The van der Waals surface area contributed by atoms with E-state index in [1.54, 1.807) is 12.1 Å². The van der Waals surface area contributed by atoms with E-state index in [1.807, 2.05) is 36.4 Å². The first-order valence-electron chi connectivity index (χ1n) is 6.77. The number of nitrogens with one attached hydrogen (secondary N) is 2. The summed E-state index contributed by atoms with van der Waals surface area (Å²) in [7, 11) is 0. The second-order valence-corrected chi connectivity index (χ2v) is 6.43. The van der Waals surface area contributed by atoms with Gasteiger partial charge in [-0.25, -0.2) is 9.97 Å². The second-order valence-electron chi connectivity index (χ2n) is 4.75. The molecule has 23 heavy (non-hydrogen) atoms. The first kappa shape index (κ1) is 15.8. The molecule has 0 saturated heterocycles. The molecule has 0 spiro atoms. The van der Waals surface area contributed by atoms with Crippen LogP contribution in [0, 0.1) is 3.57 Å². The van der Waals surface area contributed by atoms with E-state index in [4.69, 9.17) is 17.3 Å². The molecule has 116 valence electrons. The molecule has 1 heterocycles. The number of rotatable bonds is 4. The number of aromatic nitrogens is 2. The Hall–Kier alpha value is -2.06. The maximum absolute atomic E-state index is 6.16. The van der Waals surface area contributed by atoms with E-state index < -0.39 is 0 Å². The van der Waals surface area contributed by atoms with Gasteiger partial charge in [-0.3, -0.25) is 0 Å². The predicted octanol–water partition coefficient (Wildman–Crippen LogP) is 4.80. The molecule has 3 rings (SSSR count). The smallest absolute Gasteiger partial charge is 0.159 e. The maximum atomic E-state index is 6.16. The Labute approximate surface area is 152 Å². The number of hydrogen-bond donors (Lipinski definition) is 3. The Morgan fingerprint density at radius 2 is 1.57 bits per heavy atom. The van der Waals surface area contributed by atoms with E-state index in [9.17, 15) is 0 Å². The molecule has 0 atom stereocenters. The fourth-order valence-electron chi connectivity index (χ4n) is 1.97. The minimum absolute atomic E-state index is 0.436. The maximum Gasteiger partial charge on any atom is 0.159 e. The highest BCUT2D eigenvalue weighted by Gasteiger charge is 2.09. The molecule has 2 aromatic carbocycles. The standard InChI is InChI=1S/C16H13ClIN5/c17-10-2-1-3-13(8-10)23-16-14(19)15(20-9-21-16)22-12-6-4-11(18)5-7-12/h1-9H,19H2,(H2,20,21,22,23). The summed E-state index contributed by atoms with van der Waals surface area (Å²) < 4.78 is 1.16. The summed E-state index contributed by atoms with van der Waals surface area (Å²) in [5.41, 5.74) is 8.31. The van der Waals surface area contributed by atoms with Crippen LogP contribution in [0.3, 0.4) is 0 Å². The third-order valence-corrected chi connectivity index (χ3v) is 4.03. The van der Waals surface area contributed by atoms with Crippen LogP contribution < -0.4 is 16.4 Å². The zero-order chi connectivity index (χ0) is 16.2. The SMILES string of the molecule is Nc1c(Nc2ccc(I)cc2)ncnc1Nc1cccc(Cl)c1. The first-order valence-corrected chi connectivity index (χ1v) is 8.23. The zero-order valence-corrected chi connectivity index (χ0v) is 14.8. The number of anilines is 5. The van der Waals surface area contributed by atoms with Crippen molar-refractivity contribution in [3.8, 4) is 0 Å². The van der Waals surface area contributed by atoms with E-state index >= 15 is 0 Å². The van der Waals surface area contributed by atoms with Gasteiger partial charge in [0.05, 0.1) is 0 Å². The summed E-state index contributed by atoms with van der Waals surface area (Å²) in [4.78, 5) is 8.39. The van der Waals surface area contributed by atoms with Gasteiger partial charge in [0.25, 0.3) is 0 Å². The molecular formula is C16H13ClIN5.